The molecule has 0 saturated heterocycles. The number of thioether (sulfide) groups is 1. The van der Waals surface area contributed by atoms with Crippen LogP contribution in [0.15, 0.2) is 23.1 Å². The number of hydrogen-bond donors (Lipinski definition) is 2. The van der Waals surface area contributed by atoms with Gasteiger partial charge in [-0.2, -0.15) is 0 Å². The van der Waals surface area contributed by atoms with Gasteiger partial charge in [0.15, 0.2) is 0 Å². The number of hydrogen-bond acceptors (Lipinski definition) is 3. The van der Waals surface area contributed by atoms with Gasteiger partial charge in [-0.05, 0) is 24.6 Å². The standard InChI is InChI=1S/C10H14ClNOS/c1-2-8(13)6-14-10-5-7(12)3-4-9(10)11/h3-5,8,13H,2,6,12H2,1H3. The van der Waals surface area contributed by atoms with Crippen molar-refractivity contribution in [3.8, 4) is 0 Å². The molecule has 0 saturated carbocycles. The summed E-state index contributed by atoms with van der Waals surface area (Å²) < 4.78 is 0. The van der Waals surface area contributed by atoms with E-state index in [9.17, 15) is 5.11 Å². The van der Waals surface area contributed by atoms with Crippen molar-refractivity contribution >= 4 is 29.1 Å². The zero-order valence-corrected chi connectivity index (χ0v) is 9.61. The van der Waals surface area contributed by atoms with Crippen LogP contribution in [0.5, 0.6) is 0 Å². The van der Waals surface area contributed by atoms with E-state index in [0.29, 0.717) is 16.5 Å². The average molecular weight is 232 g/mol. The molecule has 78 valence electrons. The highest BCUT2D eigenvalue weighted by molar-refractivity contribution is 7.99. The van der Waals surface area contributed by atoms with E-state index in [1.54, 1.807) is 12.1 Å². The van der Waals surface area contributed by atoms with Crippen molar-refractivity contribution < 1.29 is 5.11 Å². The maximum Gasteiger partial charge on any atom is 0.0631 e. The molecule has 2 nitrogen and oxygen atoms in total. The first kappa shape index (κ1) is 11.7. The molecule has 0 aliphatic heterocycles. The van der Waals surface area contributed by atoms with Gasteiger partial charge in [0.05, 0.1) is 11.1 Å². The molecular weight excluding hydrogens is 218 g/mol. The summed E-state index contributed by atoms with van der Waals surface area (Å²) in [5.41, 5.74) is 6.33. The Hall–Kier alpha value is -0.380. The molecule has 1 atom stereocenters. The summed E-state index contributed by atoms with van der Waals surface area (Å²) in [6, 6.07) is 5.37. The molecule has 0 bridgehead atoms. The summed E-state index contributed by atoms with van der Waals surface area (Å²) in [5, 5.41) is 10.1. The molecule has 4 heteroatoms. The summed E-state index contributed by atoms with van der Waals surface area (Å²) in [6.45, 7) is 1.95. The maximum absolute atomic E-state index is 9.38. The van der Waals surface area contributed by atoms with Gasteiger partial charge in [0.1, 0.15) is 0 Å². The van der Waals surface area contributed by atoms with E-state index in [4.69, 9.17) is 17.3 Å². The summed E-state index contributed by atoms with van der Waals surface area (Å²) in [7, 11) is 0. The number of benzene rings is 1. The number of nitrogen functional groups attached to an aromatic ring is 1. The highest BCUT2D eigenvalue weighted by Gasteiger charge is 2.05. The van der Waals surface area contributed by atoms with Gasteiger partial charge in [0.2, 0.25) is 0 Å². The van der Waals surface area contributed by atoms with Gasteiger partial charge in [0.25, 0.3) is 0 Å². The monoisotopic (exact) mass is 231 g/mol. The molecule has 0 spiro atoms. The Morgan fingerprint density at radius 3 is 2.93 bits per heavy atom. The van der Waals surface area contributed by atoms with Crippen molar-refractivity contribution in [1.82, 2.24) is 0 Å². The third-order valence-corrected chi connectivity index (χ3v) is 3.50. The lowest BCUT2D eigenvalue weighted by atomic mass is 10.3. The fraction of sp³-hybridized carbons (Fsp3) is 0.400. The van der Waals surface area contributed by atoms with E-state index in [2.05, 4.69) is 0 Å². The second-order valence-electron chi connectivity index (χ2n) is 3.06. The van der Waals surface area contributed by atoms with Gasteiger partial charge in [0, 0.05) is 16.3 Å². The van der Waals surface area contributed by atoms with Crippen molar-refractivity contribution in [1.29, 1.82) is 0 Å². The van der Waals surface area contributed by atoms with Crippen LogP contribution in [0, 0.1) is 0 Å². The molecule has 0 radical (unpaired) electrons. The van der Waals surface area contributed by atoms with E-state index in [-0.39, 0.29) is 6.10 Å². The molecule has 0 amide bonds. The predicted molar refractivity (Wildman–Crippen MR) is 62.9 cm³/mol. The smallest absolute Gasteiger partial charge is 0.0631 e. The fourth-order valence-electron chi connectivity index (χ4n) is 0.934. The number of nitrogens with two attached hydrogens (primary N) is 1. The van der Waals surface area contributed by atoms with Crippen LogP contribution in [0.1, 0.15) is 13.3 Å². The van der Waals surface area contributed by atoms with Crippen LogP contribution in [-0.4, -0.2) is 17.0 Å². The van der Waals surface area contributed by atoms with E-state index >= 15 is 0 Å². The zero-order valence-electron chi connectivity index (χ0n) is 8.03. The van der Waals surface area contributed by atoms with Crippen molar-refractivity contribution in [2.45, 2.75) is 24.3 Å². The lowest BCUT2D eigenvalue weighted by molar-refractivity contribution is 0.195. The maximum atomic E-state index is 9.38. The second kappa shape index (κ2) is 5.49. The third kappa shape index (κ3) is 3.40. The number of halogens is 1. The molecule has 0 fully saturated rings. The summed E-state index contributed by atoms with van der Waals surface area (Å²) in [4.78, 5) is 0.930. The summed E-state index contributed by atoms with van der Waals surface area (Å²) in [6.07, 6.45) is 0.477. The Morgan fingerprint density at radius 1 is 1.57 bits per heavy atom. The van der Waals surface area contributed by atoms with Gasteiger partial charge in [-0.1, -0.05) is 18.5 Å². The van der Waals surface area contributed by atoms with Crippen LogP contribution in [-0.2, 0) is 0 Å². The molecule has 0 heterocycles. The molecule has 0 aromatic heterocycles. The predicted octanol–water partition coefficient (Wildman–Crippen LogP) is 2.79. The molecule has 1 aromatic rings. The molecule has 1 rings (SSSR count). The average Bonchev–Trinajstić information content (AvgIpc) is 2.19. The van der Waals surface area contributed by atoms with E-state index < -0.39 is 0 Å². The van der Waals surface area contributed by atoms with Gasteiger partial charge in [-0.25, -0.2) is 0 Å². The van der Waals surface area contributed by atoms with Gasteiger partial charge >= 0.3 is 0 Å². The molecule has 0 aliphatic rings. The Labute approximate surface area is 93.5 Å². The topological polar surface area (TPSA) is 46.2 Å². The summed E-state index contributed by atoms with van der Waals surface area (Å²) in [5.74, 6) is 0.652. The Morgan fingerprint density at radius 2 is 2.29 bits per heavy atom. The molecule has 1 unspecified atom stereocenters. The van der Waals surface area contributed by atoms with Crippen LogP contribution < -0.4 is 5.73 Å². The largest absolute Gasteiger partial charge is 0.399 e. The van der Waals surface area contributed by atoms with E-state index in [1.165, 1.54) is 11.8 Å². The second-order valence-corrected chi connectivity index (χ2v) is 4.53. The van der Waals surface area contributed by atoms with Crippen LogP contribution >= 0.6 is 23.4 Å². The Balaban J connectivity index is 2.62. The number of aliphatic hydroxyl groups excluding tert-OH is 1. The lowest BCUT2D eigenvalue weighted by Gasteiger charge is -2.08. The third-order valence-electron chi connectivity index (χ3n) is 1.86. The van der Waals surface area contributed by atoms with Gasteiger partial charge in [-0.3, -0.25) is 0 Å². The van der Waals surface area contributed by atoms with Crippen molar-refractivity contribution in [3.05, 3.63) is 23.2 Å². The van der Waals surface area contributed by atoms with Crippen molar-refractivity contribution in [2.75, 3.05) is 11.5 Å². The first-order valence-corrected chi connectivity index (χ1v) is 5.85. The SMILES string of the molecule is CCC(O)CSc1cc(N)ccc1Cl. The Bertz CT molecular complexity index is 306. The normalized spacial score (nSPS) is 12.8. The Kier molecular flexibility index (Phi) is 4.58. The van der Waals surface area contributed by atoms with Crippen LogP contribution in [0.2, 0.25) is 5.02 Å². The minimum atomic E-state index is -0.280. The minimum absolute atomic E-state index is 0.280. The van der Waals surface area contributed by atoms with E-state index in [0.717, 1.165) is 11.3 Å². The van der Waals surface area contributed by atoms with E-state index in [1.807, 2.05) is 13.0 Å². The number of anilines is 1. The van der Waals surface area contributed by atoms with Crippen molar-refractivity contribution in [3.63, 3.8) is 0 Å². The lowest BCUT2D eigenvalue weighted by Crippen LogP contribution is -2.07. The molecule has 0 aliphatic carbocycles. The molecule has 14 heavy (non-hydrogen) atoms. The zero-order chi connectivity index (χ0) is 10.6. The summed E-state index contributed by atoms with van der Waals surface area (Å²) >= 11 is 7.50. The van der Waals surface area contributed by atoms with Crippen LogP contribution in [0.25, 0.3) is 0 Å². The van der Waals surface area contributed by atoms with Gasteiger partial charge < -0.3 is 10.8 Å². The van der Waals surface area contributed by atoms with Crippen LogP contribution in [0.4, 0.5) is 5.69 Å². The van der Waals surface area contributed by atoms with Crippen molar-refractivity contribution in [2.24, 2.45) is 0 Å². The molecule has 1 aromatic carbocycles. The fourth-order valence-corrected chi connectivity index (χ4v) is 2.25. The highest BCUT2D eigenvalue weighted by atomic mass is 35.5. The quantitative estimate of drug-likeness (QED) is 0.619. The molecule has 3 N–H and O–H groups in total. The number of aliphatic hydroxyl groups is 1. The minimum Gasteiger partial charge on any atom is -0.399 e. The first-order valence-electron chi connectivity index (χ1n) is 4.49. The highest BCUT2D eigenvalue weighted by Crippen LogP contribution is 2.29. The van der Waals surface area contributed by atoms with Crippen LogP contribution in [0.3, 0.4) is 0 Å². The molecular formula is C10H14ClNOS. The van der Waals surface area contributed by atoms with Gasteiger partial charge in [-0.15, -0.1) is 11.8 Å². The number of rotatable bonds is 4. The first-order chi connectivity index (χ1) is 6.63.